The van der Waals surface area contributed by atoms with Crippen LogP contribution in [0, 0.1) is 12.3 Å². The SMILES string of the molecule is Cc1ccccc1CSCC(=N)N. The summed E-state index contributed by atoms with van der Waals surface area (Å²) in [5, 5.41) is 7.07. The zero-order chi connectivity index (χ0) is 9.68. The first-order chi connectivity index (χ1) is 6.20. The Kier molecular flexibility index (Phi) is 3.83. The van der Waals surface area contributed by atoms with Crippen molar-refractivity contribution in [1.29, 1.82) is 5.41 Å². The summed E-state index contributed by atoms with van der Waals surface area (Å²) in [6.07, 6.45) is 0. The van der Waals surface area contributed by atoms with Gasteiger partial charge in [0, 0.05) is 5.75 Å². The fourth-order valence-electron chi connectivity index (χ4n) is 1.04. The summed E-state index contributed by atoms with van der Waals surface area (Å²) in [6.45, 7) is 2.10. The second kappa shape index (κ2) is 4.92. The van der Waals surface area contributed by atoms with Gasteiger partial charge in [0.05, 0.1) is 5.75 Å². The molecule has 2 nitrogen and oxygen atoms in total. The zero-order valence-electron chi connectivity index (χ0n) is 7.71. The molecule has 0 saturated heterocycles. The van der Waals surface area contributed by atoms with Crippen LogP contribution in [0.3, 0.4) is 0 Å². The number of nitrogens with two attached hydrogens (primary N) is 1. The number of thioether (sulfide) groups is 1. The number of hydrogen-bond acceptors (Lipinski definition) is 2. The van der Waals surface area contributed by atoms with E-state index in [-0.39, 0.29) is 5.84 Å². The van der Waals surface area contributed by atoms with Crippen molar-refractivity contribution >= 4 is 17.6 Å². The lowest BCUT2D eigenvalue weighted by Crippen LogP contribution is -2.12. The molecule has 0 aliphatic carbocycles. The monoisotopic (exact) mass is 194 g/mol. The van der Waals surface area contributed by atoms with Gasteiger partial charge in [0.25, 0.3) is 0 Å². The Balaban J connectivity index is 2.45. The zero-order valence-corrected chi connectivity index (χ0v) is 8.53. The highest BCUT2D eigenvalue weighted by atomic mass is 32.2. The van der Waals surface area contributed by atoms with Crippen molar-refractivity contribution < 1.29 is 0 Å². The molecule has 0 bridgehead atoms. The highest BCUT2D eigenvalue weighted by molar-refractivity contribution is 7.99. The molecule has 0 atom stereocenters. The van der Waals surface area contributed by atoms with Gasteiger partial charge in [0.2, 0.25) is 0 Å². The van der Waals surface area contributed by atoms with E-state index >= 15 is 0 Å². The van der Waals surface area contributed by atoms with E-state index in [4.69, 9.17) is 11.1 Å². The average molecular weight is 194 g/mol. The maximum Gasteiger partial charge on any atom is 0.101 e. The molecule has 3 heteroatoms. The first kappa shape index (κ1) is 10.1. The summed E-state index contributed by atoms with van der Waals surface area (Å²) < 4.78 is 0. The quantitative estimate of drug-likeness (QED) is 0.570. The topological polar surface area (TPSA) is 49.9 Å². The van der Waals surface area contributed by atoms with E-state index in [0.717, 1.165) is 5.75 Å². The van der Waals surface area contributed by atoms with Gasteiger partial charge in [-0.15, -0.1) is 11.8 Å². The largest absolute Gasteiger partial charge is 0.387 e. The van der Waals surface area contributed by atoms with Crippen molar-refractivity contribution in [3.8, 4) is 0 Å². The van der Waals surface area contributed by atoms with Crippen molar-refractivity contribution in [1.82, 2.24) is 0 Å². The Morgan fingerprint density at radius 3 is 2.77 bits per heavy atom. The molecule has 13 heavy (non-hydrogen) atoms. The normalized spacial score (nSPS) is 9.92. The van der Waals surface area contributed by atoms with Gasteiger partial charge in [0.15, 0.2) is 0 Å². The van der Waals surface area contributed by atoms with Crippen LogP contribution in [0.25, 0.3) is 0 Å². The molecule has 0 heterocycles. The van der Waals surface area contributed by atoms with Crippen LogP contribution in [0.5, 0.6) is 0 Å². The van der Waals surface area contributed by atoms with Gasteiger partial charge in [-0.3, -0.25) is 5.41 Å². The number of rotatable bonds is 4. The van der Waals surface area contributed by atoms with Crippen LogP contribution >= 0.6 is 11.8 Å². The average Bonchev–Trinajstić information content (AvgIpc) is 2.08. The van der Waals surface area contributed by atoms with Crippen molar-refractivity contribution in [2.24, 2.45) is 5.73 Å². The lowest BCUT2D eigenvalue weighted by molar-refractivity contribution is 1.31. The highest BCUT2D eigenvalue weighted by Crippen LogP contribution is 2.15. The highest BCUT2D eigenvalue weighted by Gasteiger charge is 1.97. The lowest BCUT2D eigenvalue weighted by atomic mass is 10.1. The first-order valence-electron chi connectivity index (χ1n) is 4.15. The number of aryl methyl sites for hydroxylation is 1. The predicted octanol–water partition coefficient (Wildman–Crippen LogP) is 2.16. The van der Waals surface area contributed by atoms with E-state index in [0.29, 0.717) is 5.75 Å². The van der Waals surface area contributed by atoms with Crippen LogP contribution in [-0.2, 0) is 5.75 Å². The number of nitrogens with one attached hydrogen (secondary N) is 1. The van der Waals surface area contributed by atoms with Crippen molar-refractivity contribution in [3.63, 3.8) is 0 Å². The summed E-state index contributed by atoms with van der Waals surface area (Å²) in [7, 11) is 0. The van der Waals surface area contributed by atoms with Crippen LogP contribution in [0.4, 0.5) is 0 Å². The van der Waals surface area contributed by atoms with Crippen LogP contribution in [0.15, 0.2) is 24.3 Å². The fraction of sp³-hybridized carbons (Fsp3) is 0.300. The fourth-order valence-corrected chi connectivity index (χ4v) is 1.91. The maximum atomic E-state index is 7.07. The second-order valence-corrected chi connectivity index (χ2v) is 3.93. The van der Waals surface area contributed by atoms with Gasteiger partial charge < -0.3 is 5.73 Å². The molecule has 0 spiro atoms. The molecule has 1 aromatic carbocycles. The summed E-state index contributed by atoms with van der Waals surface area (Å²) in [6, 6.07) is 8.29. The van der Waals surface area contributed by atoms with E-state index < -0.39 is 0 Å². The van der Waals surface area contributed by atoms with Crippen LogP contribution in [0.1, 0.15) is 11.1 Å². The van der Waals surface area contributed by atoms with Crippen molar-refractivity contribution in [3.05, 3.63) is 35.4 Å². The number of benzene rings is 1. The van der Waals surface area contributed by atoms with E-state index in [9.17, 15) is 0 Å². The van der Waals surface area contributed by atoms with E-state index in [1.165, 1.54) is 11.1 Å². The Hall–Kier alpha value is -0.960. The third kappa shape index (κ3) is 3.51. The molecular weight excluding hydrogens is 180 g/mol. The van der Waals surface area contributed by atoms with E-state index in [1.54, 1.807) is 11.8 Å². The first-order valence-corrected chi connectivity index (χ1v) is 5.31. The Bertz CT molecular complexity index is 297. The van der Waals surface area contributed by atoms with Gasteiger partial charge in [-0.25, -0.2) is 0 Å². The molecule has 0 amide bonds. The third-order valence-electron chi connectivity index (χ3n) is 1.78. The van der Waals surface area contributed by atoms with Crippen LogP contribution in [0.2, 0.25) is 0 Å². The molecule has 0 saturated carbocycles. The molecule has 0 fully saturated rings. The van der Waals surface area contributed by atoms with Gasteiger partial charge >= 0.3 is 0 Å². The molecule has 0 aromatic heterocycles. The van der Waals surface area contributed by atoms with Crippen LogP contribution in [-0.4, -0.2) is 11.6 Å². The minimum Gasteiger partial charge on any atom is -0.387 e. The summed E-state index contributed by atoms with van der Waals surface area (Å²) >= 11 is 1.68. The standard InChI is InChI=1S/C10H14N2S/c1-8-4-2-3-5-9(8)6-13-7-10(11)12/h2-5H,6-7H2,1H3,(H3,11,12). The Labute approximate surface area is 83.0 Å². The Morgan fingerprint density at radius 1 is 1.46 bits per heavy atom. The van der Waals surface area contributed by atoms with E-state index in [1.807, 2.05) is 12.1 Å². The minimum atomic E-state index is 0.249. The molecule has 3 N–H and O–H groups in total. The third-order valence-corrected chi connectivity index (χ3v) is 2.81. The molecular formula is C10H14N2S. The van der Waals surface area contributed by atoms with Crippen molar-refractivity contribution in [2.45, 2.75) is 12.7 Å². The molecule has 0 aliphatic heterocycles. The van der Waals surface area contributed by atoms with Crippen LogP contribution < -0.4 is 5.73 Å². The van der Waals surface area contributed by atoms with Crippen molar-refractivity contribution in [2.75, 3.05) is 5.75 Å². The molecule has 1 rings (SSSR count). The molecule has 0 aliphatic rings. The molecule has 0 radical (unpaired) electrons. The summed E-state index contributed by atoms with van der Waals surface area (Å²) in [4.78, 5) is 0. The van der Waals surface area contributed by atoms with Gasteiger partial charge in [-0.1, -0.05) is 24.3 Å². The minimum absolute atomic E-state index is 0.249. The molecule has 70 valence electrons. The summed E-state index contributed by atoms with van der Waals surface area (Å²) in [5.74, 6) is 1.80. The predicted molar refractivity (Wildman–Crippen MR) is 59.3 cm³/mol. The lowest BCUT2D eigenvalue weighted by Gasteiger charge is -2.03. The van der Waals surface area contributed by atoms with Gasteiger partial charge in [-0.05, 0) is 18.1 Å². The molecule has 1 aromatic rings. The van der Waals surface area contributed by atoms with Gasteiger partial charge in [-0.2, -0.15) is 0 Å². The number of hydrogen-bond donors (Lipinski definition) is 2. The maximum absolute atomic E-state index is 7.07. The second-order valence-electron chi connectivity index (χ2n) is 2.94. The van der Waals surface area contributed by atoms with E-state index in [2.05, 4.69) is 19.1 Å². The molecule has 0 unspecified atom stereocenters. The number of amidine groups is 1. The summed E-state index contributed by atoms with van der Waals surface area (Å²) in [5.41, 5.74) is 7.89. The van der Waals surface area contributed by atoms with Gasteiger partial charge in [0.1, 0.15) is 5.84 Å². The Morgan fingerprint density at radius 2 is 2.15 bits per heavy atom. The smallest absolute Gasteiger partial charge is 0.101 e.